The van der Waals surface area contributed by atoms with E-state index < -0.39 is 11.9 Å². The molecule has 0 aromatic carbocycles. The number of hydrogen-bond acceptors (Lipinski definition) is 5. The maximum atomic E-state index is 11.1. The van der Waals surface area contributed by atoms with E-state index in [4.69, 9.17) is 0 Å². The van der Waals surface area contributed by atoms with Crippen molar-refractivity contribution in [2.75, 3.05) is 26.3 Å². The van der Waals surface area contributed by atoms with Crippen LogP contribution in [0.4, 0.5) is 0 Å². The number of nitrogens with zero attached hydrogens (tertiary/aromatic N) is 1. The average molecular weight is 231 g/mol. The highest BCUT2D eigenvalue weighted by molar-refractivity contribution is 5.84. The highest BCUT2D eigenvalue weighted by Gasteiger charge is 2.18. The Morgan fingerprint density at radius 1 is 0.938 bits per heavy atom. The minimum Gasteiger partial charge on any atom is -0.465 e. The van der Waals surface area contributed by atoms with Crippen LogP contribution in [0.3, 0.4) is 0 Å². The summed E-state index contributed by atoms with van der Waals surface area (Å²) in [6, 6.07) is 0. The summed E-state index contributed by atoms with van der Waals surface area (Å²) < 4.78 is 9.36. The second-order valence-electron chi connectivity index (χ2n) is 2.99. The van der Waals surface area contributed by atoms with Crippen molar-refractivity contribution in [1.29, 1.82) is 0 Å². The van der Waals surface area contributed by atoms with E-state index in [-0.39, 0.29) is 32.2 Å². The van der Waals surface area contributed by atoms with Gasteiger partial charge in [-0.3, -0.25) is 14.4 Å². The van der Waals surface area contributed by atoms with Gasteiger partial charge in [-0.25, -0.2) is 0 Å². The summed E-state index contributed by atoms with van der Waals surface area (Å²) in [6.07, 6.45) is 0. The number of amides is 1. The van der Waals surface area contributed by atoms with E-state index in [0.717, 1.165) is 4.90 Å². The van der Waals surface area contributed by atoms with Gasteiger partial charge >= 0.3 is 11.9 Å². The first-order chi connectivity index (χ1) is 7.51. The highest BCUT2D eigenvalue weighted by Crippen LogP contribution is 1.93. The Morgan fingerprint density at radius 2 is 1.31 bits per heavy atom. The summed E-state index contributed by atoms with van der Waals surface area (Å²) in [6.45, 7) is 4.62. The van der Waals surface area contributed by atoms with E-state index in [9.17, 15) is 14.4 Å². The molecule has 6 heteroatoms. The van der Waals surface area contributed by atoms with E-state index in [1.165, 1.54) is 6.92 Å². The lowest BCUT2D eigenvalue weighted by Crippen LogP contribution is -2.39. The molecule has 16 heavy (non-hydrogen) atoms. The molecule has 0 saturated heterocycles. The smallest absolute Gasteiger partial charge is 0.325 e. The summed E-state index contributed by atoms with van der Waals surface area (Å²) in [5, 5.41) is 0. The molecule has 0 saturated carbocycles. The fourth-order valence-electron chi connectivity index (χ4n) is 1.00. The van der Waals surface area contributed by atoms with Crippen LogP contribution in [0.1, 0.15) is 20.8 Å². The fourth-order valence-corrected chi connectivity index (χ4v) is 1.00. The van der Waals surface area contributed by atoms with E-state index in [1.807, 2.05) is 0 Å². The van der Waals surface area contributed by atoms with Crippen molar-refractivity contribution >= 4 is 17.8 Å². The number of carbonyl (C=O) groups excluding carboxylic acids is 3. The van der Waals surface area contributed by atoms with Crippen LogP contribution in [-0.2, 0) is 23.9 Å². The van der Waals surface area contributed by atoms with Crippen molar-refractivity contribution in [3.05, 3.63) is 0 Å². The number of esters is 2. The second-order valence-corrected chi connectivity index (χ2v) is 2.99. The van der Waals surface area contributed by atoms with Gasteiger partial charge in [-0.2, -0.15) is 0 Å². The van der Waals surface area contributed by atoms with E-state index in [0.29, 0.717) is 0 Å². The van der Waals surface area contributed by atoms with Gasteiger partial charge in [0.05, 0.1) is 13.2 Å². The molecule has 0 radical (unpaired) electrons. The van der Waals surface area contributed by atoms with Gasteiger partial charge in [0.25, 0.3) is 0 Å². The van der Waals surface area contributed by atoms with E-state index >= 15 is 0 Å². The summed E-state index contributed by atoms with van der Waals surface area (Å²) in [4.78, 5) is 34.5. The highest BCUT2D eigenvalue weighted by atomic mass is 16.5. The van der Waals surface area contributed by atoms with Gasteiger partial charge in [-0.05, 0) is 13.8 Å². The molecule has 0 spiro atoms. The fraction of sp³-hybridized carbons (Fsp3) is 0.700. The second kappa shape index (κ2) is 7.67. The van der Waals surface area contributed by atoms with Gasteiger partial charge < -0.3 is 14.4 Å². The molecule has 0 unspecified atom stereocenters. The Hall–Kier alpha value is -1.59. The Morgan fingerprint density at radius 3 is 1.56 bits per heavy atom. The van der Waals surface area contributed by atoms with Crippen LogP contribution in [0.15, 0.2) is 0 Å². The zero-order chi connectivity index (χ0) is 12.6. The zero-order valence-electron chi connectivity index (χ0n) is 9.82. The largest absolute Gasteiger partial charge is 0.465 e. The normalized spacial score (nSPS) is 9.44. The minimum atomic E-state index is -0.540. The van der Waals surface area contributed by atoms with Crippen molar-refractivity contribution in [2.24, 2.45) is 0 Å². The van der Waals surface area contributed by atoms with Crippen molar-refractivity contribution in [1.82, 2.24) is 4.90 Å². The van der Waals surface area contributed by atoms with Crippen LogP contribution in [0, 0.1) is 0 Å². The standard InChI is InChI=1S/C10H17NO5/c1-4-15-9(13)6-11(8(3)12)7-10(14)16-5-2/h4-7H2,1-3H3. The molecular formula is C10H17NO5. The Bertz CT molecular complexity index is 244. The molecule has 0 aliphatic heterocycles. The molecule has 6 nitrogen and oxygen atoms in total. The third-order valence-corrected chi connectivity index (χ3v) is 1.70. The third kappa shape index (κ3) is 6.00. The van der Waals surface area contributed by atoms with Crippen molar-refractivity contribution in [2.45, 2.75) is 20.8 Å². The van der Waals surface area contributed by atoms with Crippen LogP contribution >= 0.6 is 0 Å². The average Bonchev–Trinajstić information content (AvgIpc) is 2.17. The first-order valence-corrected chi connectivity index (χ1v) is 5.08. The number of hydrogen-bond donors (Lipinski definition) is 0. The molecule has 92 valence electrons. The van der Waals surface area contributed by atoms with Gasteiger partial charge in [0.1, 0.15) is 13.1 Å². The first kappa shape index (κ1) is 14.4. The lowest BCUT2D eigenvalue weighted by molar-refractivity contribution is -0.153. The molecule has 0 N–H and O–H groups in total. The van der Waals surface area contributed by atoms with Gasteiger partial charge in [-0.15, -0.1) is 0 Å². The summed E-state index contributed by atoms with van der Waals surface area (Å²) in [5.41, 5.74) is 0. The molecule has 0 bridgehead atoms. The molecule has 1 amide bonds. The van der Waals surface area contributed by atoms with E-state index in [2.05, 4.69) is 9.47 Å². The van der Waals surface area contributed by atoms with Gasteiger partial charge in [0, 0.05) is 6.92 Å². The van der Waals surface area contributed by atoms with E-state index in [1.54, 1.807) is 13.8 Å². The molecule has 0 heterocycles. The quantitative estimate of drug-likeness (QED) is 0.600. The number of ether oxygens (including phenoxy) is 2. The summed E-state index contributed by atoms with van der Waals surface area (Å²) >= 11 is 0. The predicted octanol–water partition coefficient (Wildman–Crippen LogP) is -0.0389. The maximum absolute atomic E-state index is 11.1. The molecule has 0 fully saturated rings. The van der Waals surface area contributed by atoms with Gasteiger partial charge in [0.2, 0.25) is 5.91 Å². The summed E-state index contributed by atoms with van der Waals surface area (Å²) in [7, 11) is 0. The third-order valence-electron chi connectivity index (χ3n) is 1.70. The molecule has 0 atom stereocenters. The molecule has 0 aromatic heterocycles. The minimum absolute atomic E-state index is 0.234. The van der Waals surface area contributed by atoms with Gasteiger partial charge in [0.15, 0.2) is 0 Å². The van der Waals surface area contributed by atoms with Crippen LogP contribution in [0.25, 0.3) is 0 Å². The number of carbonyl (C=O) groups is 3. The zero-order valence-corrected chi connectivity index (χ0v) is 9.82. The summed E-state index contributed by atoms with van der Waals surface area (Å²) in [5.74, 6) is -1.45. The molecule has 0 aromatic rings. The monoisotopic (exact) mass is 231 g/mol. The molecular weight excluding hydrogens is 214 g/mol. The molecule has 0 aliphatic carbocycles. The topological polar surface area (TPSA) is 72.9 Å². The molecule has 0 rings (SSSR count). The SMILES string of the molecule is CCOC(=O)CN(CC(=O)OCC)C(C)=O. The lowest BCUT2D eigenvalue weighted by Gasteiger charge is -2.18. The Kier molecular flexibility index (Phi) is 6.91. The van der Waals surface area contributed by atoms with Crippen LogP contribution < -0.4 is 0 Å². The lowest BCUT2D eigenvalue weighted by atomic mass is 10.4. The first-order valence-electron chi connectivity index (χ1n) is 5.08. The Balaban J connectivity index is 4.22. The van der Waals surface area contributed by atoms with Gasteiger partial charge in [-0.1, -0.05) is 0 Å². The number of rotatable bonds is 6. The van der Waals surface area contributed by atoms with Crippen molar-refractivity contribution < 1.29 is 23.9 Å². The Labute approximate surface area is 94.5 Å². The van der Waals surface area contributed by atoms with Crippen LogP contribution in [0.2, 0.25) is 0 Å². The van der Waals surface area contributed by atoms with Crippen molar-refractivity contribution in [3.8, 4) is 0 Å². The van der Waals surface area contributed by atoms with Crippen molar-refractivity contribution in [3.63, 3.8) is 0 Å². The van der Waals surface area contributed by atoms with Crippen LogP contribution in [0.5, 0.6) is 0 Å². The maximum Gasteiger partial charge on any atom is 0.325 e. The predicted molar refractivity (Wildman–Crippen MR) is 55.5 cm³/mol. The van der Waals surface area contributed by atoms with Crippen LogP contribution in [-0.4, -0.2) is 49.0 Å². The molecule has 0 aliphatic rings.